The number of hydrogen-bond acceptors (Lipinski definition) is 6. The molecule has 0 amide bonds. The van der Waals surface area contributed by atoms with Crippen LogP contribution in [0.4, 0.5) is 15.9 Å². The predicted molar refractivity (Wildman–Crippen MR) is 123 cm³/mol. The number of anilines is 2. The summed E-state index contributed by atoms with van der Waals surface area (Å²) in [6.45, 7) is 7.37. The van der Waals surface area contributed by atoms with Gasteiger partial charge in [0.1, 0.15) is 11.6 Å². The molecule has 8 heteroatoms. The average molecular weight is 433 g/mol. The maximum Gasteiger partial charge on any atom is 0.253 e. The number of aromatic nitrogens is 4. The Morgan fingerprint density at radius 1 is 1.06 bits per heavy atom. The van der Waals surface area contributed by atoms with Gasteiger partial charge in [0, 0.05) is 43.5 Å². The van der Waals surface area contributed by atoms with Gasteiger partial charge in [0.25, 0.3) is 5.95 Å². The minimum Gasteiger partial charge on any atom is -0.379 e. The van der Waals surface area contributed by atoms with E-state index in [9.17, 15) is 0 Å². The lowest BCUT2D eigenvalue weighted by Crippen LogP contribution is -2.37. The molecule has 4 aromatic rings. The van der Waals surface area contributed by atoms with Gasteiger partial charge in [-0.15, -0.1) is 0 Å². The molecule has 0 bridgehead atoms. The molecule has 7 nitrogen and oxygen atoms in total. The number of morpholine rings is 1. The first kappa shape index (κ1) is 20.4. The number of halogens is 1. The second-order valence-electron chi connectivity index (χ2n) is 7.97. The van der Waals surface area contributed by atoms with Crippen molar-refractivity contribution in [3.05, 3.63) is 71.3 Å². The second kappa shape index (κ2) is 8.55. The summed E-state index contributed by atoms with van der Waals surface area (Å²) in [7, 11) is 0. The van der Waals surface area contributed by atoms with Gasteiger partial charge < -0.3 is 15.0 Å². The van der Waals surface area contributed by atoms with Gasteiger partial charge in [-0.05, 0) is 42.7 Å². The number of aryl methyl sites for hydroxylation is 2. The Bertz CT molecular complexity index is 1230. The zero-order chi connectivity index (χ0) is 22.1. The second-order valence-corrected chi connectivity index (χ2v) is 7.97. The number of hydrogen-bond donors (Lipinski definition) is 1. The Kier molecular flexibility index (Phi) is 5.45. The van der Waals surface area contributed by atoms with Crippen LogP contribution in [0.3, 0.4) is 0 Å². The first-order valence-electron chi connectivity index (χ1n) is 10.7. The average Bonchev–Trinajstić information content (AvgIpc) is 3.34. The molecule has 0 atom stereocenters. The molecule has 32 heavy (non-hydrogen) atoms. The Hall–Kier alpha value is -3.52. The highest BCUT2D eigenvalue weighted by Gasteiger charge is 2.20. The van der Waals surface area contributed by atoms with Gasteiger partial charge >= 0.3 is 0 Å². The van der Waals surface area contributed by atoms with Crippen molar-refractivity contribution in [3.63, 3.8) is 0 Å². The number of fused-ring (bicyclic) bond motifs is 1. The molecule has 3 heterocycles. The first-order valence-corrected chi connectivity index (χ1v) is 10.7. The lowest BCUT2D eigenvalue weighted by Gasteiger charge is -2.29. The van der Waals surface area contributed by atoms with Gasteiger partial charge in [-0.25, -0.2) is 14.1 Å². The molecular formula is C24H25FN6O. The number of benzene rings is 2. The predicted octanol–water partition coefficient (Wildman–Crippen LogP) is 4.02. The Labute approximate surface area is 185 Å². The maximum absolute atomic E-state index is 15.1. The molecule has 2 aromatic carbocycles. The quantitative estimate of drug-likeness (QED) is 0.514. The van der Waals surface area contributed by atoms with E-state index in [4.69, 9.17) is 9.72 Å². The summed E-state index contributed by atoms with van der Waals surface area (Å²) in [5, 5.41) is 8.32. The summed E-state index contributed by atoms with van der Waals surface area (Å²) >= 11 is 0. The molecule has 0 saturated carbocycles. The summed E-state index contributed by atoms with van der Waals surface area (Å²) in [6, 6.07) is 11.3. The van der Waals surface area contributed by atoms with Gasteiger partial charge in [0.05, 0.1) is 24.4 Å². The third kappa shape index (κ3) is 3.89. The maximum atomic E-state index is 15.1. The van der Waals surface area contributed by atoms with Crippen LogP contribution in [0.25, 0.3) is 16.9 Å². The zero-order valence-electron chi connectivity index (χ0n) is 18.2. The van der Waals surface area contributed by atoms with Crippen LogP contribution in [0.2, 0.25) is 0 Å². The van der Waals surface area contributed by atoms with E-state index in [0.29, 0.717) is 50.0 Å². The minimum atomic E-state index is -0.346. The number of ether oxygens (including phenoxy) is 1. The molecule has 1 aliphatic heterocycles. The molecule has 1 fully saturated rings. The van der Waals surface area contributed by atoms with Gasteiger partial charge in [-0.3, -0.25) is 0 Å². The Balaban J connectivity index is 1.57. The smallest absolute Gasteiger partial charge is 0.253 e. The van der Waals surface area contributed by atoms with E-state index in [1.807, 2.05) is 18.2 Å². The van der Waals surface area contributed by atoms with E-state index in [-0.39, 0.29) is 5.82 Å². The summed E-state index contributed by atoms with van der Waals surface area (Å²) in [4.78, 5) is 11.5. The highest BCUT2D eigenvalue weighted by molar-refractivity contribution is 5.93. The Morgan fingerprint density at radius 2 is 1.84 bits per heavy atom. The summed E-state index contributed by atoms with van der Waals surface area (Å²) < 4.78 is 22.2. The van der Waals surface area contributed by atoms with Crippen LogP contribution in [0, 0.1) is 19.7 Å². The molecule has 0 unspecified atom stereocenters. The molecule has 5 rings (SSSR count). The monoisotopic (exact) mass is 432 g/mol. The molecule has 1 aliphatic rings. The molecule has 0 spiro atoms. The van der Waals surface area contributed by atoms with Crippen molar-refractivity contribution in [3.8, 4) is 5.95 Å². The van der Waals surface area contributed by atoms with Crippen molar-refractivity contribution in [1.29, 1.82) is 0 Å². The Morgan fingerprint density at radius 3 is 2.56 bits per heavy atom. The van der Waals surface area contributed by atoms with E-state index in [1.165, 1.54) is 22.8 Å². The van der Waals surface area contributed by atoms with Crippen LogP contribution >= 0.6 is 0 Å². The molecular weight excluding hydrogens is 407 g/mol. The van der Waals surface area contributed by atoms with Crippen LogP contribution in [0.15, 0.2) is 48.8 Å². The van der Waals surface area contributed by atoms with E-state index < -0.39 is 0 Å². The molecule has 2 aromatic heterocycles. The fraction of sp³-hybridized carbons (Fsp3) is 0.292. The summed E-state index contributed by atoms with van der Waals surface area (Å²) in [5.74, 6) is 0.834. The van der Waals surface area contributed by atoms with Crippen LogP contribution in [0.1, 0.15) is 16.7 Å². The van der Waals surface area contributed by atoms with Gasteiger partial charge in [0.15, 0.2) is 0 Å². The van der Waals surface area contributed by atoms with Crippen LogP contribution in [-0.4, -0.2) is 46.1 Å². The van der Waals surface area contributed by atoms with Gasteiger partial charge in [-0.2, -0.15) is 10.1 Å². The van der Waals surface area contributed by atoms with Crippen LogP contribution < -0.4 is 10.2 Å². The number of rotatable bonds is 5. The SMILES string of the molecule is Cc1cccc(C)c1CNc1cc2c(N3CCOCC3)nc(-n3cccn3)nc2cc1F. The normalized spacial score (nSPS) is 14.2. The van der Waals surface area contributed by atoms with Crippen molar-refractivity contribution < 1.29 is 9.13 Å². The van der Waals surface area contributed by atoms with E-state index >= 15 is 4.39 Å². The largest absolute Gasteiger partial charge is 0.379 e. The molecule has 1 N–H and O–H groups in total. The number of nitrogens with zero attached hydrogens (tertiary/aromatic N) is 5. The van der Waals surface area contributed by atoms with Crippen molar-refractivity contribution in [2.75, 3.05) is 36.5 Å². The standard InChI is InChI=1S/C24H25FN6O/c1-16-5-3-6-17(2)19(16)15-26-22-13-18-21(14-20(22)25)28-24(31-8-4-7-27-31)29-23(18)30-9-11-32-12-10-30/h3-8,13-14,26H,9-12,15H2,1-2H3. The van der Waals surface area contributed by atoms with Crippen LogP contribution in [0.5, 0.6) is 0 Å². The highest BCUT2D eigenvalue weighted by atomic mass is 19.1. The molecule has 0 aliphatic carbocycles. The van der Waals surface area contributed by atoms with Crippen molar-refractivity contribution in [1.82, 2.24) is 19.7 Å². The summed E-state index contributed by atoms with van der Waals surface area (Å²) in [5.41, 5.74) is 4.51. The lowest BCUT2D eigenvalue weighted by atomic mass is 10.0. The fourth-order valence-corrected chi connectivity index (χ4v) is 4.07. The van der Waals surface area contributed by atoms with Crippen molar-refractivity contribution >= 4 is 22.4 Å². The third-order valence-electron chi connectivity index (χ3n) is 5.87. The van der Waals surface area contributed by atoms with E-state index in [1.54, 1.807) is 17.1 Å². The van der Waals surface area contributed by atoms with Gasteiger partial charge in [-0.1, -0.05) is 18.2 Å². The first-order chi connectivity index (χ1) is 15.6. The summed E-state index contributed by atoms with van der Waals surface area (Å²) in [6.07, 6.45) is 3.45. The highest BCUT2D eigenvalue weighted by Crippen LogP contribution is 2.30. The van der Waals surface area contributed by atoms with E-state index in [0.717, 1.165) is 11.2 Å². The minimum absolute atomic E-state index is 0.346. The molecule has 164 valence electrons. The lowest BCUT2D eigenvalue weighted by molar-refractivity contribution is 0.122. The molecule has 1 saturated heterocycles. The van der Waals surface area contributed by atoms with Crippen molar-refractivity contribution in [2.24, 2.45) is 0 Å². The topological polar surface area (TPSA) is 68.1 Å². The third-order valence-corrected chi connectivity index (χ3v) is 5.87. The molecule has 0 radical (unpaired) electrons. The van der Waals surface area contributed by atoms with Gasteiger partial charge in [0.2, 0.25) is 0 Å². The van der Waals surface area contributed by atoms with Crippen LogP contribution in [-0.2, 0) is 11.3 Å². The van der Waals surface area contributed by atoms with E-state index in [2.05, 4.69) is 46.3 Å². The zero-order valence-corrected chi connectivity index (χ0v) is 18.2. The fourth-order valence-electron chi connectivity index (χ4n) is 4.07. The van der Waals surface area contributed by atoms with Crippen molar-refractivity contribution in [2.45, 2.75) is 20.4 Å². The number of nitrogens with one attached hydrogen (secondary N) is 1.